The summed E-state index contributed by atoms with van der Waals surface area (Å²) >= 11 is 1.76. The van der Waals surface area contributed by atoms with Gasteiger partial charge in [0.25, 0.3) is 0 Å². The molecule has 1 atom stereocenters. The molecule has 216 valence electrons. The number of likely N-dealkylation sites (N-methyl/N-ethyl adjacent to an activating group) is 1. The molecule has 1 aromatic heterocycles. The lowest BCUT2D eigenvalue weighted by atomic mass is 10.0. The zero-order valence-electron chi connectivity index (χ0n) is 23.1. The van der Waals surface area contributed by atoms with Gasteiger partial charge in [0, 0.05) is 43.8 Å². The SMILES string of the molecule is CC[C@H]1C(=O)N(C)c2cnc(Nc3ccc(S(=O)(=O)CC(=O)N4CCSCC4)cc3OC)nc2N1C1CCCC1. The third-order valence-corrected chi connectivity index (χ3v) is 10.4. The number of aromatic nitrogens is 2. The largest absolute Gasteiger partial charge is 0.495 e. The normalized spacial score (nSPS) is 20.0. The fourth-order valence-electron chi connectivity index (χ4n) is 5.68. The highest BCUT2D eigenvalue weighted by molar-refractivity contribution is 7.99. The van der Waals surface area contributed by atoms with Crippen LogP contribution in [0, 0.1) is 0 Å². The summed E-state index contributed by atoms with van der Waals surface area (Å²) in [7, 11) is -0.654. The number of carbonyl (C=O) groups excluding carboxylic acids is 2. The Bertz CT molecular complexity index is 1380. The molecular formula is C27H36N6O5S2. The Morgan fingerprint density at radius 2 is 1.93 bits per heavy atom. The van der Waals surface area contributed by atoms with E-state index in [1.807, 2.05) is 6.92 Å². The van der Waals surface area contributed by atoms with Crippen molar-refractivity contribution in [3.05, 3.63) is 24.4 Å². The molecule has 2 fully saturated rings. The number of hydrogen-bond donors (Lipinski definition) is 1. The molecule has 1 N–H and O–H groups in total. The molecule has 0 spiro atoms. The van der Waals surface area contributed by atoms with E-state index in [9.17, 15) is 18.0 Å². The van der Waals surface area contributed by atoms with E-state index in [2.05, 4.69) is 15.2 Å². The maximum absolute atomic E-state index is 13.1. The number of thioether (sulfide) groups is 1. The molecule has 1 saturated carbocycles. The summed E-state index contributed by atoms with van der Waals surface area (Å²) in [5.41, 5.74) is 1.15. The molecule has 0 unspecified atom stereocenters. The highest BCUT2D eigenvalue weighted by Gasteiger charge is 2.41. The van der Waals surface area contributed by atoms with E-state index in [4.69, 9.17) is 9.72 Å². The number of fused-ring (bicyclic) bond motifs is 1. The number of rotatable bonds is 8. The van der Waals surface area contributed by atoms with Gasteiger partial charge in [0.1, 0.15) is 23.2 Å². The van der Waals surface area contributed by atoms with E-state index >= 15 is 0 Å². The zero-order valence-corrected chi connectivity index (χ0v) is 24.8. The second-order valence-electron chi connectivity index (χ2n) is 10.3. The molecule has 0 bridgehead atoms. The van der Waals surface area contributed by atoms with Gasteiger partial charge in [0.15, 0.2) is 15.7 Å². The standard InChI is InChI=1S/C27H36N6O5S2/c1-4-21-26(35)31(2)22-16-28-27(30-25(22)33(21)18-7-5-6-8-18)29-20-10-9-19(15-23(20)38-3)40(36,37)17-24(34)32-11-13-39-14-12-32/h9-10,15-16,18,21H,4-8,11-14,17H2,1-3H3,(H,28,29,30)/t21-/m0/s1. The van der Waals surface area contributed by atoms with Crippen LogP contribution < -0.4 is 19.9 Å². The van der Waals surface area contributed by atoms with E-state index in [-0.39, 0.29) is 34.5 Å². The van der Waals surface area contributed by atoms with Gasteiger partial charge < -0.3 is 24.8 Å². The maximum atomic E-state index is 13.1. The van der Waals surface area contributed by atoms with Gasteiger partial charge in [-0.3, -0.25) is 9.59 Å². The van der Waals surface area contributed by atoms with Crippen LogP contribution in [0.5, 0.6) is 5.75 Å². The molecule has 0 radical (unpaired) electrons. The number of benzene rings is 1. The van der Waals surface area contributed by atoms with Crippen molar-refractivity contribution >= 4 is 56.6 Å². The first-order valence-electron chi connectivity index (χ1n) is 13.7. The molecule has 5 rings (SSSR count). The third kappa shape index (κ3) is 5.58. The molecule has 40 heavy (non-hydrogen) atoms. The Morgan fingerprint density at radius 1 is 1.20 bits per heavy atom. The number of ether oxygens (including phenoxy) is 1. The predicted octanol–water partition coefficient (Wildman–Crippen LogP) is 3.08. The van der Waals surface area contributed by atoms with Crippen molar-refractivity contribution < 1.29 is 22.7 Å². The Labute approximate surface area is 239 Å². The average Bonchev–Trinajstić information content (AvgIpc) is 3.49. The molecule has 13 heteroatoms. The second-order valence-corrected chi connectivity index (χ2v) is 13.5. The van der Waals surface area contributed by atoms with Gasteiger partial charge in [0.05, 0.1) is 23.9 Å². The summed E-state index contributed by atoms with van der Waals surface area (Å²) in [6.45, 7) is 3.14. The lowest BCUT2D eigenvalue weighted by molar-refractivity contribution is -0.128. The van der Waals surface area contributed by atoms with Gasteiger partial charge in [-0.05, 0) is 31.4 Å². The topological polar surface area (TPSA) is 125 Å². The van der Waals surface area contributed by atoms with Crippen molar-refractivity contribution in [2.24, 2.45) is 0 Å². The van der Waals surface area contributed by atoms with Crippen LogP contribution in [0.4, 0.5) is 23.1 Å². The van der Waals surface area contributed by atoms with Gasteiger partial charge in [-0.2, -0.15) is 16.7 Å². The minimum absolute atomic E-state index is 0.0133. The molecule has 1 saturated heterocycles. The Morgan fingerprint density at radius 3 is 2.60 bits per heavy atom. The molecule has 11 nitrogen and oxygen atoms in total. The van der Waals surface area contributed by atoms with Crippen LogP contribution in [0.2, 0.25) is 0 Å². The first-order chi connectivity index (χ1) is 19.2. The molecule has 2 aliphatic heterocycles. The highest BCUT2D eigenvalue weighted by atomic mass is 32.2. The molecule has 1 aliphatic carbocycles. The summed E-state index contributed by atoms with van der Waals surface area (Å²) in [5.74, 6) is 2.02. The molecule has 2 amide bonds. The van der Waals surface area contributed by atoms with Gasteiger partial charge in [-0.1, -0.05) is 19.8 Å². The van der Waals surface area contributed by atoms with Crippen LogP contribution in [-0.4, -0.2) is 91.7 Å². The summed E-state index contributed by atoms with van der Waals surface area (Å²) in [4.78, 5) is 40.5. The van der Waals surface area contributed by atoms with E-state index in [0.29, 0.717) is 42.7 Å². The Kier molecular flexibility index (Phi) is 8.41. The highest BCUT2D eigenvalue weighted by Crippen LogP contribution is 2.40. The smallest absolute Gasteiger partial charge is 0.249 e. The van der Waals surface area contributed by atoms with Crippen molar-refractivity contribution in [3.63, 3.8) is 0 Å². The van der Waals surface area contributed by atoms with Crippen LogP contribution in [-0.2, 0) is 19.4 Å². The van der Waals surface area contributed by atoms with Crippen molar-refractivity contribution in [1.82, 2.24) is 14.9 Å². The van der Waals surface area contributed by atoms with Crippen LogP contribution in [0.3, 0.4) is 0 Å². The van der Waals surface area contributed by atoms with Crippen LogP contribution >= 0.6 is 11.8 Å². The van der Waals surface area contributed by atoms with Gasteiger partial charge >= 0.3 is 0 Å². The number of hydrogen-bond acceptors (Lipinski definition) is 10. The van der Waals surface area contributed by atoms with E-state index in [1.165, 1.54) is 19.2 Å². The molecule has 1 aromatic carbocycles. The van der Waals surface area contributed by atoms with Gasteiger partial charge in [0.2, 0.25) is 17.8 Å². The summed E-state index contributed by atoms with van der Waals surface area (Å²) < 4.78 is 31.7. The van der Waals surface area contributed by atoms with Gasteiger partial charge in [-0.25, -0.2) is 13.4 Å². The zero-order chi connectivity index (χ0) is 28.4. The number of nitrogens with zero attached hydrogens (tertiary/aromatic N) is 5. The lowest BCUT2D eigenvalue weighted by Gasteiger charge is -2.43. The van der Waals surface area contributed by atoms with Crippen molar-refractivity contribution in [2.45, 2.75) is 56.0 Å². The van der Waals surface area contributed by atoms with Crippen molar-refractivity contribution in [1.29, 1.82) is 0 Å². The minimum Gasteiger partial charge on any atom is -0.495 e. The number of nitrogens with one attached hydrogen (secondary N) is 1. The molecular weight excluding hydrogens is 552 g/mol. The fourth-order valence-corrected chi connectivity index (χ4v) is 7.82. The number of amides is 2. The van der Waals surface area contributed by atoms with Crippen molar-refractivity contribution in [3.8, 4) is 5.75 Å². The second kappa shape index (κ2) is 11.8. The first kappa shape index (κ1) is 28.5. The summed E-state index contributed by atoms with van der Waals surface area (Å²) in [5, 5.41) is 3.17. The van der Waals surface area contributed by atoms with E-state index in [1.54, 1.807) is 40.9 Å². The fraction of sp³-hybridized carbons (Fsp3) is 0.556. The van der Waals surface area contributed by atoms with Crippen LogP contribution in [0.25, 0.3) is 0 Å². The van der Waals surface area contributed by atoms with Crippen LogP contribution in [0.1, 0.15) is 39.0 Å². The number of anilines is 4. The Hall–Kier alpha value is -3.06. The lowest BCUT2D eigenvalue weighted by Crippen LogP contribution is -2.55. The molecule has 3 aliphatic rings. The molecule has 3 heterocycles. The Balaban J connectivity index is 1.40. The average molecular weight is 589 g/mol. The maximum Gasteiger partial charge on any atom is 0.249 e. The minimum atomic E-state index is -3.86. The van der Waals surface area contributed by atoms with E-state index < -0.39 is 15.6 Å². The quantitative estimate of drug-likeness (QED) is 0.492. The molecule has 2 aromatic rings. The number of methoxy groups -OCH3 is 1. The van der Waals surface area contributed by atoms with Crippen molar-refractivity contribution in [2.75, 3.05) is 59.6 Å². The third-order valence-electron chi connectivity index (χ3n) is 7.87. The van der Waals surface area contributed by atoms with Crippen LogP contribution in [0.15, 0.2) is 29.3 Å². The monoisotopic (exact) mass is 588 g/mol. The summed E-state index contributed by atoms with van der Waals surface area (Å²) in [6.07, 6.45) is 6.61. The summed E-state index contributed by atoms with van der Waals surface area (Å²) in [6, 6.07) is 4.43. The van der Waals surface area contributed by atoms with E-state index in [0.717, 1.165) is 37.2 Å². The number of carbonyl (C=O) groups is 2. The number of sulfone groups is 1. The van der Waals surface area contributed by atoms with Gasteiger partial charge in [-0.15, -0.1) is 0 Å². The first-order valence-corrected chi connectivity index (χ1v) is 16.5. The predicted molar refractivity (Wildman–Crippen MR) is 156 cm³/mol.